The van der Waals surface area contributed by atoms with Gasteiger partial charge in [-0.25, -0.2) is 0 Å². The summed E-state index contributed by atoms with van der Waals surface area (Å²) in [5.41, 5.74) is 3.19. The highest BCUT2D eigenvalue weighted by Gasteiger charge is 2.27. The summed E-state index contributed by atoms with van der Waals surface area (Å²) in [7, 11) is 0. The zero-order chi connectivity index (χ0) is 17.4. The van der Waals surface area contributed by atoms with Gasteiger partial charge >= 0.3 is 0 Å². The molecule has 0 radical (unpaired) electrons. The summed E-state index contributed by atoms with van der Waals surface area (Å²) >= 11 is 0. The van der Waals surface area contributed by atoms with E-state index in [0.717, 1.165) is 25.7 Å². The molecule has 2 N–H and O–H groups in total. The molecule has 1 atom stereocenters. The zero-order valence-electron chi connectivity index (χ0n) is 13.7. The number of nitro groups is 1. The Hall–Kier alpha value is -2.89. The fourth-order valence-electron chi connectivity index (χ4n) is 3.34. The highest BCUT2D eigenvalue weighted by Crippen LogP contribution is 2.36. The average molecular weight is 337 g/mol. The molecule has 1 fully saturated rings. The summed E-state index contributed by atoms with van der Waals surface area (Å²) in [5.74, 6) is -0.247. The molecule has 6 heteroatoms. The van der Waals surface area contributed by atoms with Crippen molar-refractivity contribution < 1.29 is 9.72 Å². The Kier molecular flexibility index (Phi) is 3.87. The third kappa shape index (κ3) is 3.20. The molecule has 2 aliphatic rings. The highest BCUT2D eigenvalue weighted by molar-refractivity contribution is 5.96. The molecular weight excluding hydrogens is 318 g/mol. The van der Waals surface area contributed by atoms with Gasteiger partial charge in [0.1, 0.15) is 5.69 Å². The van der Waals surface area contributed by atoms with Gasteiger partial charge in [0, 0.05) is 17.7 Å². The second kappa shape index (κ2) is 6.20. The molecule has 0 spiro atoms. The standard InChI is InChI=1S/C19H19N3O3/c23-19(20-14-7-8-14)13-6-10-17(18(11-13)22(24)25)21-16-9-5-12-3-1-2-4-15(12)16/h1-4,6,10-11,14,16,21H,5,7-9H2,(H,20,23). The molecule has 1 unspecified atom stereocenters. The molecule has 1 amide bonds. The number of nitrogens with one attached hydrogen (secondary N) is 2. The van der Waals surface area contributed by atoms with Gasteiger partial charge < -0.3 is 10.6 Å². The van der Waals surface area contributed by atoms with Gasteiger partial charge in [-0.2, -0.15) is 0 Å². The van der Waals surface area contributed by atoms with E-state index in [1.807, 2.05) is 12.1 Å². The average Bonchev–Trinajstić information content (AvgIpc) is 3.34. The molecule has 0 heterocycles. The number of amides is 1. The minimum atomic E-state index is -0.433. The van der Waals surface area contributed by atoms with E-state index >= 15 is 0 Å². The molecular formula is C19H19N3O3. The van der Waals surface area contributed by atoms with Gasteiger partial charge in [0.15, 0.2) is 0 Å². The summed E-state index contributed by atoms with van der Waals surface area (Å²) in [6, 6.07) is 13.1. The van der Waals surface area contributed by atoms with E-state index in [-0.39, 0.29) is 23.7 Å². The summed E-state index contributed by atoms with van der Waals surface area (Å²) in [6.07, 6.45) is 3.83. The van der Waals surface area contributed by atoms with Crippen LogP contribution in [-0.2, 0) is 6.42 Å². The van der Waals surface area contributed by atoms with Crippen LogP contribution in [0.1, 0.15) is 46.8 Å². The molecule has 0 bridgehead atoms. The molecule has 4 rings (SSSR count). The Morgan fingerprint density at radius 2 is 1.92 bits per heavy atom. The number of anilines is 1. The third-order valence-corrected chi connectivity index (χ3v) is 4.83. The predicted octanol–water partition coefficient (Wildman–Crippen LogP) is 3.59. The van der Waals surface area contributed by atoms with Gasteiger partial charge in [-0.1, -0.05) is 24.3 Å². The quantitative estimate of drug-likeness (QED) is 0.645. The van der Waals surface area contributed by atoms with Gasteiger partial charge in [0.2, 0.25) is 0 Å². The normalized spacial score (nSPS) is 18.5. The first-order valence-electron chi connectivity index (χ1n) is 8.55. The van der Waals surface area contributed by atoms with Crippen LogP contribution in [-0.4, -0.2) is 16.9 Å². The molecule has 1 saturated carbocycles. The second-order valence-corrected chi connectivity index (χ2v) is 6.67. The van der Waals surface area contributed by atoms with E-state index in [1.54, 1.807) is 12.1 Å². The number of benzene rings is 2. The fraction of sp³-hybridized carbons (Fsp3) is 0.316. The molecule has 2 aromatic carbocycles. The molecule has 25 heavy (non-hydrogen) atoms. The van der Waals surface area contributed by atoms with Crippen molar-refractivity contribution in [3.05, 3.63) is 69.3 Å². The van der Waals surface area contributed by atoms with Crippen LogP contribution in [0.15, 0.2) is 42.5 Å². The van der Waals surface area contributed by atoms with Crippen molar-refractivity contribution in [1.29, 1.82) is 0 Å². The lowest BCUT2D eigenvalue weighted by Gasteiger charge is -2.16. The van der Waals surface area contributed by atoms with Crippen LogP contribution in [0.5, 0.6) is 0 Å². The largest absolute Gasteiger partial charge is 0.373 e. The van der Waals surface area contributed by atoms with Crippen molar-refractivity contribution in [1.82, 2.24) is 5.32 Å². The van der Waals surface area contributed by atoms with E-state index in [1.165, 1.54) is 17.2 Å². The van der Waals surface area contributed by atoms with Crippen molar-refractivity contribution in [2.45, 2.75) is 37.8 Å². The first-order chi connectivity index (χ1) is 12.1. The SMILES string of the molecule is O=C(NC1CC1)c1ccc(NC2CCc3ccccc32)c([N+](=O)[O-])c1. The summed E-state index contributed by atoms with van der Waals surface area (Å²) in [6.45, 7) is 0. The molecule has 0 aromatic heterocycles. The highest BCUT2D eigenvalue weighted by atomic mass is 16.6. The Bertz CT molecular complexity index is 846. The Morgan fingerprint density at radius 1 is 1.12 bits per heavy atom. The van der Waals surface area contributed by atoms with Crippen molar-refractivity contribution >= 4 is 17.3 Å². The maximum atomic E-state index is 12.1. The minimum absolute atomic E-state index is 0.0565. The molecule has 6 nitrogen and oxygen atoms in total. The Labute approximate surface area is 145 Å². The molecule has 0 saturated heterocycles. The van der Waals surface area contributed by atoms with Gasteiger partial charge in [-0.3, -0.25) is 14.9 Å². The van der Waals surface area contributed by atoms with E-state index in [4.69, 9.17) is 0 Å². The van der Waals surface area contributed by atoms with Crippen LogP contribution >= 0.6 is 0 Å². The van der Waals surface area contributed by atoms with E-state index in [0.29, 0.717) is 11.3 Å². The van der Waals surface area contributed by atoms with Gasteiger partial charge in [-0.15, -0.1) is 0 Å². The van der Waals surface area contributed by atoms with Gasteiger partial charge in [0.25, 0.3) is 11.6 Å². The lowest BCUT2D eigenvalue weighted by atomic mass is 10.1. The van der Waals surface area contributed by atoms with Crippen LogP contribution in [0.4, 0.5) is 11.4 Å². The number of carbonyl (C=O) groups is 1. The predicted molar refractivity (Wildman–Crippen MR) is 94.7 cm³/mol. The van der Waals surface area contributed by atoms with Gasteiger partial charge in [-0.05, 0) is 48.9 Å². The lowest BCUT2D eigenvalue weighted by Crippen LogP contribution is -2.25. The smallest absolute Gasteiger partial charge is 0.293 e. The molecule has 128 valence electrons. The van der Waals surface area contributed by atoms with Crippen LogP contribution < -0.4 is 10.6 Å². The third-order valence-electron chi connectivity index (χ3n) is 4.83. The number of fused-ring (bicyclic) bond motifs is 1. The van der Waals surface area contributed by atoms with Crippen molar-refractivity contribution in [2.24, 2.45) is 0 Å². The number of aryl methyl sites for hydroxylation is 1. The first-order valence-corrected chi connectivity index (χ1v) is 8.55. The molecule has 2 aliphatic carbocycles. The van der Waals surface area contributed by atoms with Crippen LogP contribution in [0.25, 0.3) is 0 Å². The number of carbonyl (C=O) groups excluding carboxylic acids is 1. The van der Waals surface area contributed by atoms with Crippen LogP contribution in [0.3, 0.4) is 0 Å². The Balaban J connectivity index is 1.59. The summed E-state index contributed by atoms with van der Waals surface area (Å²) in [5, 5.41) is 17.6. The maximum absolute atomic E-state index is 12.1. The van der Waals surface area contributed by atoms with Crippen LogP contribution in [0.2, 0.25) is 0 Å². The number of nitrogens with zero attached hydrogens (tertiary/aromatic N) is 1. The molecule has 0 aliphatic heterocycles. The zero-order valence-corrected chi connectivity index (χ0v) is 13.7. The van der Waals surface area contributed by atoms with Crippen molar-refractivity contribution in [2.75, 3.05) is 5.32 Å². The van der Waals surface area contributed by atoms with E-state index < -0.39 is 4.92 Å². The monoisotopic (exact) mass is 337 g/mol. The van der Waals surface area contributed by atoms with E-state index in [9.17, 15) is 14.9 Å². The molecule has 2 aromatic rings. The fourth-order valence-corrected chi connectivity index (χ4v) is 3.34. The van der Waals surface area contributed by atoms with Crippen LogP contribution in [0, 0.1) is 10.1 Å². The first kappa shape index (κ1) is 15.6. The number of rotatable bonds is 5. The lowest BCUT2D eigenvalue weighted by molar-refractivity contribution is -0.384. The summed E-state index contributed by atoms with van der Waals surface area (Å²) in [4.78, 5) is 23.2. The number of hydrogen-bond donors (Lipinski definition) is 2. The van der Waals surface area contributed by atoms with Crippen molar-refractivity contribution in [3.8, 4) is 0 Å². The second-order valence-electron chi connectivity index (χ2n) is 6.67. The van der Waals surface area contributed by atoms with E-state index in [2.05, 4.69) is 22.8 Å². The van der Waals surface area contributed by atoms with Gasteiger partial charge in [0.05, 0.1) is 11.0 Å². The minimum Gasteiger partial charge on any atom is -0.373 e. The number of hydrogen-bond acceptors (Lipinski definition) is 4. The summed E-state index contributed by atoms with van der Waals surface area (Å²) < 4.78 is 0. The number of nitro benzene ring substituents is 1. The topological polar surface area (TPSA) is 84.3 Å². The maximum Gasteiger partial charge on any atom is 0.293 e. The Morgan fingerprint density at radius 3 is 2.68 bits per heavy atom. The van der Waals surface area contributed by atoms with Crippen molar-refractivity contribution in [3.63, 3.8) is 0 Å².